The first-order chi connectivity index (χ1) is 7.06. The molecule has 0 saturated heterocycles. The first kappa shape index (κ1) is 11.5. The number of nitrogens with two attached hydrogens (primary N) is 2. The molecule has 0 spiro atoms. The third-order valence-corrected chi connectivity index (χ3v) is 2.20. The number of hydrogen-bond acceptors (Lipinski definition) is 3. The van der Waals surface area contributed by atoms with Gasteiger partial charge < -0.3 is 16.6 Å². The Morgan fingerprint density at radius 2 is 2.27 bits per heavy atom. The Morgan fingerprint density at radius 1 is 1.60 bits per heavy atom. The Balaban J connectivity index is 2.97. The fourth-order valence-corrected chi connectivity index (χ4v) is 1.20. The van der Waals surface area contributed by atoms with Crippen LogP contribution in [0.2, 0.25) is 0 Å². The summed E-state index contributed by atoms with van der Waals surface area (Å²) in [6.45, 7) is 0.143. The molecule has 2 amide bonds. The average Bonchev–Trinajstić information content (AvgIpc) is 2.27. The number of aliphatic hydroxyl groups excluding tert-OH is 1. The van der Waals surface area contributed by atoms with E-state index in [1.165, 1.54) is 4.90 Å². The average molecular weight is 209 g/mol. The molecule has 1 unspecified atom stereocenters. The number of rotatable bonds is 3. The summed E-state index contributed by atoms with van der Waals surface area (Å²) < 4.78 is 0. The lowest BCUT2D eigenvalue weighted by Gasteiger charge is -2.16. The van der Waals surface area contributed by atoms with Crippen molar-refractivity contribution in [2.45, 2.75) is 6.10 Å². The molecule has 0 fully saturated rings. The molecule has 1 rings (SSSR count). The lowest BCUT2D eigenvalue weighted by Crippen LogP contribution is -2.31. The van der Waals surface area contributed by atoms with Crippen molar-refractivity contribution in [3.05, 3.63) is 29.8 Å². The van der Waals surface area contributed by atoms with Crippen molar-refractivity contribution in [1.29, 1.82) is 0 Å². The molecule has 0 aromatic heterocycles. The SMILES string of the molecule is CN(C(N)=O)c1cccc(C(O)CN)c1. The molecule has 15 heavy (non-hydrogen) atoms. The minimum atomic E-state index is -0.716. The summed E-state index contributed by atoms with van der Waals surface area (Å²) in [5.41, 5.74) is 11.8. The number of nitrogens with zero attached hydrogens (tertiary/aromatic N) is 1. The number of hydrogen-bond donors (Lipinski definition) is 3. The first-order valence-electron chi connectivity index (χ1n) is 4.57. The van der Waals surface area contributed by atoms with Crippen LogP contribution < -0.4 is 16.4 Å². The van der Waals surface area contributed by atoms with Gasteiger partial charge in [-0.1, -0.05) is 12.1 Å². The molecule has 1 aromatic carbocycles. The molecule has 0 aliphatic heterocycles. The van der Waals surface area contributed by atoms with E-state index in [9.17, 15) is 9.90 Å². The molecule has 5 N–H and O–H groups in total. The molecule has 0 bridgehead atoms. The van der Waals surface area contributed by atoms with E-state index < -0.39 is 12.1 Å². The Hall–Kier alpha value is -1.59. The second-order valence-electron chi connectivity index (χ2n) is 3.24. The summed E-state index contributed by atoms with van der Waals surface area (Å²) in [6.07, 6.45) is -0.716. The third kappa shape index (κ3) is 2.68. The summed E-state index contributed by atoms with van der Waals surface area (Å²) in [5, 5.41) is 9.51. The van der Waals surface area contributed by atoms with Crippen LogP contribution in [0.1, 0.15) is 11.7 Å². The zero-order valence-corrected chi connectivity index (χ0v) is 8.55. The lowest BCUT2D eigenvalue weighted by atomic mass is 10.1. The van der Waals surface area contributed by atoms with E-state index >= 15 is 0 Å². The van der Waals surface area contributed by atoms with Crippen molar-refractivity contribution < 1.29 is 9.90 Å². The summed E-state index contributed by atoms with van der Waals surface area (Å²) in [5.74, 6) is 0. The largest absolute Gasteiger partial charge is 0.387 e. The van der Waals surface area contributed by atoms with E-state index in [1.807, 2.05) is 0 Å². The Labute approximate surface area is 88.3 Å². The predicted molar refractivity (Wildman–Crippen MR) is 58.4 cm³/mol. The molecule has 0 heterocycles. The van der Waals surface area contributed by atoms with Gasteiger partial charge in [-0.05, 0) is 17.7 Å². The highest BCUT2D eigenvalue weighted by Crippen LogP contribution is 2.19. The van der Waals surface area contributed by atoms with Gasteiger partial charge >= 0.3 is 6.03 Å². The molecule has 1 aromatic rings. The van der Waals surface area contributed by atoms with Gasteiger partial charge in [0.25, 0.3) is 0 Å². The van der Waals surface area contributed by atoms with Crippen LogP contribution >= 0.6 is 0 Å². The monoisotopic (exact) mass is 209 g/mol. The molecule has 0 radical (unpaired) electrons. The Morgan fingerprint density at radius 3 is 2.80 bits per heavy atom. The van der Waals surface area contributed by atoms with E-state index in [-0.39, 0.29) is 6.54 Å². The zero-order valence-electron chi connectivity index (χ0n) is 8.55. The third-order valence-electron chi connectivity index (χ3n) is 2.20. The van der Waals surface area contributed by atoms with Crippen molar-refractivity contribution in [1.82, 2.24) is 0 Å². The van der Waals surface area contributed by atoms with Gasteiger partial charge in [0.1, 0.15) is 0 Å². The van der Waals surface area contributed by atoms with Gasteiger partial charge in [-0.25, -0.2) is 4.79 Å². The van der Waals surface area contributed by atoms with Crippen LogP contribution in [0.15, 0.2) is 24.3 Å². The van der Waals surface area contributed by atoms with Crippen LogP contribution in [-0.2, 0) is 0 Å². The minimum absolute atomic E-state index is 0.143. The van der Waals surface area contributed by atoms with Crippen molar-refractivity contribution in [2.24, 2.45) is 11.5 Å². The van der Waals surface area contributed by atoms with Crippen molar-refractivity contribution in [3.63, 3.8) is 0 Å². The lowest BCUT2D eigenvalue weighted by molar-refractivity contribution is 0.187. The maximum Gasteiger partial charge on any atom is 0.318 e. The van der Waals surface area contributed by atoms with Crippen LogP contribution in [0, 0.1) is 0 Å². The maximum absolute atomic E-state index is 10.9. The standard InChI is InChI=1S/C10H15N3O2/c1-13(10(12)15)8-4-2-3-7(5-8)9(14)6-11/h2-5,9,14H,6,11H2,1H3,(H2,12,15). The van der Waals surface area contributed by atoms with Gasteiger partial charge in [-0.3, -0.25) is 4.90 Å². The number of benzene rings is 1. The van der Waals surface area contributed by atoms with Crippen LogP contribution in [-0.4, -0.2) is 24.7 Å². The van der Waals surface area contributed by atoms with Crippen molar-refractivity contribution >= 4 is 11.7 Å². The molecule has 5 heteroatoms. The van der Waals surface area contributed by atoms with Gasteiger partial charge in [0.2, 0.25) is 0 Å². The Bertz CT molecular complexity index is 354. The normalized spacial score (nSPS) is 12.2. The number of carbonyl (C=O) groups excluding carboxylic acids is 1. The van der Waals surface area contributed by atoms with Gasteiger partial charge in [0.05, 0.1) is 6.10 Å². The minimum Gasteiger partial charge on any atom is -0.387 e. The molecular weight excluding hydrogens is 194 g/mol. The maximum atomic E-state index is 10.9. The van der Waals surface area contributed by atoms with Gasteiger partial charge in [0.15, 0.2) is 0 Å². The molecule has 0 aliphatic rings. The van der Waals surface area contributed by atoms with Crippen LogP contribution in [0.25, 0.3) is 0 Å². The van der Waals surface area contributed by atoms with Crippen LogP contribution in [0.3, 0.4) is 0 Å². The van der Waals surface area contributed by atoms with E-state index in [4.69, 9.17) is 11.5 Å². The number of primary amides is 1. The predicted octanol–water partition coefficient (Wildman–Crippen LogP) is 0.194. The molecule has 82 valence electrons. The number of carbonyl (C=O) groups is 1. The smallest absolute Gasteiger partial charge is 0.318 e. The topological polar surface area (TPSA) is 92.6 Å². The molecule has 0 saturated carbocycles. The highest BCUT2D eigenvalue weighted by atomic mass is 16.3. The zero-order chi connectivity index (χ0) is 11.4. The second kappa shape index (κ2) is 4.77. The second-order valence-corrected chi connectivity index (χ2v) is 3.24. The molecular formula is C10H15N3O2. The first-order valence-corrected chi connectivity index (χ1v) is 4.57. The van der Waals surface area contributed by atoms with Gasteiger partial charge in [0, 0.05) is 19.3 Å². The van der Waals surface area contributed by atoms with Gasteiger partial charge in [-0.15, -0.1) is 0 Å². The van der Waals surface area contributed by atoms with E-state index in [2.05, 4.69) is 0 Å². The van der Waals surface area contributed by atoms with E-state index in [1.54, 1.807) is 31.3 Å². The number of amides is 2. The summed E-state index contributed by atoms with van der Waals surface area (Å²) in [4.78, 5) is 12.2. The number of anilines is 1. The van der Waals surface area contributed by atoms with E-state index in [0.717, 1.165) is 0 Å². The van der Waals surface area contributed by atoms with Crippen LogP contribution in [0.4, 0.5) is 10.5 Å². The molecule has 5 nitrogen and oxygen atoms in total. The number of urea groups is 1. The van der Waals surface area contributed by atoms with Crippen LogP contribution in [0.5, 0.6) is 0 Å². The van der Waals surface area contributed by atoms with Gasteiger partial charge in [-0.2, -0.15) is 0 Å². The quantitative estimate of drug-likeness (QED) is 0.663. The Kier molecular flexibility index (Phi) is 3.65. The highest BCUT2D eigenvalue weighted by Gasteiger charge is 2.09. The summed E-state index contributed by atoms with van der Waals surface area (Å²) in [6, 6.07) is 6.35. The summed E-state index contributed by atoms with van der Waals surface area (Å²) >= 11 is 0. The molecule has 1 atom stereocenters. The van der Waals surface area contributed by atoms with Crippen molar-refractivity contribution in [2.75, 3.05) is 18.5 Å². The summed E-state index contributed by atoms with van der Waals surface area (Å²) in [7, 11) is 1.57. The molecule has 0 aliphatic carbocycles. The number of aliphatic hydroxyl groups is 1. The fraction of sp³-hybridized carbons (Fsp3) is 0.300. The fourth-order valence-electron chi connectivity index (χ4n) is 1.20. The van der Waals surface area contributed by atoms with Crippen molar-refractivity contribution in [3.8, 4) is 0 Å². The highest BCUT2D eigenvalue weighted by molar-refractivity contribution is 5.90. The van der Waals surface area contributed by atoms with E-state index in [0.29, 0.717) is 11.3 Å².